The van der Waals surface area contributed by atoms with E-state index < -0.39 is 41.2 Å². The number of imide groups is 1. The van der Waals surface area contributed by atoms with Gasteiger partial charge in [0.1, 0.15) is 23.1 Å². The minimum Gasteiger partial charge on any atom is -0.469 e. The molecule has 1 heterocycles. The smallest absolute Gasteiger partial charge is 0.425 e. The SMILES string of the molecule is CC[C@@H](C(=O)OC)c1ccc(N)cc1CCC(=O)C(Nc1ccc2c(N(C(=O)OC(C)(C)C)C(=O)OC(C)(C)C)ncc(F)c2c1)c1ccc([C@@H](C)CO)c(C)c1. The molecule has 0 saturated carbocycles. The maximum absolute atomic E-state index is 15.7. The normalized spacial score (nSPS) is 13.3. The number of ether oxygens (including phenoxy) is 3. The summed E-state index contributed by atoms with van der Waals surface area (Å²) in [7, 11) is 1.34. The summed E-state index contributed by atoms with van der Waals surface area (Å²) in [6, 6.07) is 14.5. The molecule has 12 nitrogen and oxygen atoms in total. The molecule has 0 spiro atoms. The number of nitrogens with two attached hydrogens (primary N) is 1. The largest absolute Gasteiger partial charge is 0.469 e. The molecule has 306 valence electrons. The number of carbonyl (C=O) groups is 4. The van der Waals surface area contributed by atoms with Crippen molar-refractivity contribution in [3.63, 3.8) is 0 Å². The van der Waals surface area contributed by atoms with Gasteiger partial charge in [-0.25, -0.2) is 19.0 Å². The van der Waals surface area contributed by atoms with Crippen molar-refractivity contribution in [1.82, 2.24) is 4.98 Å². The summed E-state index contributed by atoms with van der Waals surface area (Å²) in [5, 5.41) is 13.3. The van der Waals surface area contributed by atoms with Crippen molar-refractivity contribution in [1.29, 1.82) is 0 Å². The van der Waals surface area contributed by atoms with E-state index in [4.69, 9.17) is 19.9 Å². The highest BCUT2D eigenvalue weighted by Crippen LogP contribution is 2.34. The minimum absolute atomic E-state index is 0.00874. The number of fused-ring (bicyclic) bond motifs is 1. The fraction of sp³-hybridized carbons (Fsp3) is 0.432. The number of hydrogen-bond acceptors (Lipinski definition) is 11. The van der Waals surface area contributed by atoms with Crippen LogP contribution >= 0.6 is 0 Å². The standard InChI is InChI=1S/C44H55FN4O8/c1-11-31(40(52)55-10)33-17-14-29(46)21-27(33)13-19-37(51)38(28-12-16-32(25(2)20-28)26(3)24-50)48-30-15-18-34-35(22-30)36(45)23-47-39(34)49(41(53)56-43(4,5)6)42(54)57-44(7,8)9/h12,14-18,20-23,26,31,38,48,50H,11,13,19,24,46H2,1-10H3/t26-,31+,38?/m0/s1. The Labute approximate surface area is 333 Å². The van der Waals surface area contributed by atoms with Crippen LogP contribution in [0.25, 0.3) is 10.8 Å². The summed E-state index contributed by atoms with van der Waals surface area (Å²) in [6.07, 6.45) is -0.397. The maximum Gasteiger partial charge on any atom is 0.425 e. The van der Waals surface area contributed by atoms with Crippen LogP contribution in [-0.4, -0.2) is 58.9 Å². The van der Waals surface area contributed by atoms with E-state index >= 15 is 4.39 Å². The number of anilines is 3. The van der Waals surface area contributed by atoms with Crippen molar-refractivity contribution in [2.45, 2.75) is 111 Å². The van der Waals surface area contributed by atoms with Gasteiger partial charge in [-0.15, -0.1) is 0 Å². The van der Waals surface area contributed by atoms with Crippen LogP contribution in [0.4, 0.5) is 31.2 Å². The molecule has 3 atom stereocenters. The third-order valence-electron chi connectivity index (χ3n) is 9.32. The number of methoxy groups -OCH3 is 1. The van der Waals surface area contributed by atoms with Gasteiger partial charge in [-0.05, 0) is 119 Å². The summed E-state index contributed by atoms with van der Waals surface area (Å²) >= 11 is 0. The number of pyridine rings is 1. The number of halogens is 1. The van der Waals surface area contributed by atoms with Crippen molar-refractivity contribution < 1.29 is 42.9 Å². The number of carbonyl (C=O) groups excluding carboxylic acids is 4. The molecule has 1 aromatic heterocycles. The predicted molar refractivity (Wildman–Crippen MR) is 219 cm³/mol. The zero-order valence-corrected chi connectivity index (χ0v) is 34.5. The molecule has 3 aromatic carbocycles. The van der Waals surface area contributed by atoms with Crippen molar-refractivity contribution in [2.75, 3.05) is 29.7 Å². The van der Waals surface area contributed by atoms with Crippen LogP contribution in [0.2, 0.25) is 0 Å². The number of hydrogen-bond donors (Lipinski definition) is 3. The molecule has 0 aliphatic carbocycles. The number of nitrogen functional groups attached to an aromatic ring is 1. The van der Waals surface area contributed by atoms with Crippen LogP contribution in [0.1, 0.15) is 114 Å². The quantitative estimate of drug-likeness (QED) is 0.0671. The number of Topliss-reactive ketones (excluding diaryl/α,β-unsaturated/α-hetero) is 1. The Kier molecular flexibility index (Phi) is 14.1. The summed E-state index contributed by atoms with van der Waals surface area (Å²) in [5.41, 5.74) is 8.97. The molecule has 0 fully saturated rings. The third kappa shape index (κ3) is 11.1. The van der Waals surface area contributed by atoms with E-state index in [0.717, 1.165) is 28.5 Å². The van der Waals surface area contributed by atoms with Crippen molar-refractivity contribution in [3.8, 4) is 0 Å². The first kappa shape index (κ1) is 44.2. The average Bonchev–Trinajstić information content (AvgIpc) is 3.13. The van der Waals surface area contributed by atoms with E-state index in [2.05, 4.69) is 10.3 Å². The predicted octanol–water partition coefficient (Wildman–Crippen LogP) is 9.06. The van der Waals surface area contributed by atoms with E-state index in [9.17, 15) is 24.3 Å². The summed E-state index contributed by atoms with van der Waals surface area (Å²) < 4.78 is 31.8. The number of nitrogens with zero attached hydrogens (tertiary/aromatic N) is 2. The fourth-order valence-electron chi connectivity index (χ4n) is 6.61. The Morgan fingerprint density at radius 3 is 2.11 bits per heavy atom. The van der Waals surface area contributed by atoms with E-state index in [1.807, 2.05) is 39.0 Å². The molecule has 57 heavy (non-hydrogen) atoms. The number of aliphatic hydroxyl groups excluding tert-OH is 1. The molecule has 4 aromatic rings. The number of benzene rings is 3. The number of nitrogens with one attached hydrogen (secondary N) is 1. The molecule has 0 aliphatic rings. The third-order valence-corrected chi connectivity index (χ3v) is 9.32. The molecule has 4 N–H and O–H groups in total. The fourth-order valence-corrected chi connectivity index (χ4v) is 6.61. The first-order chi connectivity index (χ1) is 26.7. The highest BCUT2D eigenvalue weighted by molar-refractivity contribution is 6.14. The summed E-state index contributed by atoms with van der Waals surface area (Å²) in [4.78, 5) is 58.7. The van der Waals surface area contributed by atoms with Gasteiger partial charge in [-0.2, -0.15) is 4.90 Å². The van der Waals surface area contributed by atoms with Gasteiger partial charge in [0.05, 0.1) is 19.2 Å². The lowest BCUT2D eigenvalue weighted by Gasteiger charge is -2.28. The van der Waals surface area contributed by atoms with Gasteiger partial charge in [0, 0.05) is 41.1 Å². The lowest BCUT2D eigenvalue weighted by molar-refractivity contribution is -0.142. The van der Waals surface area contributed by atoms with Crippen LogP contribution < -0.4 is 16.0 Å². The Morgan fingerprint density at radius 1 is 0.912 bits per heavy atom. The van der Waals surface area contributed by atoms with Gasteiger partial charge in [0.25, 0.3) is 0 Å². The zero-order valence-electron chi connectivity index (χ0n) is 34.5. The van der Waals surface area contributed by atoms with Crippen molar-refractivity contribution in [2.24, 2.45) is 0 Å². The van der Waals surface area contributed by atoms with Crippen LogP contribution in [0, 0.1) is 12.7 Å². The summed E-state index contributed by atoms with van der Waals surface area (Å²) in [6.45, 7) is 15.5. The number of rotatable bonds is 13. The molecule has 4 rings (SSSR count). The molecule has 0 radical (unpaired) electrons. The highest BCUT2D eigenvalue weighted by atomic mass is 19.1. The van der Waals surface area contributed by atoms with Crippen LogP contribution in [0.3, 0.4) is 0 Å². The van der Waals surface area contributed by atoms with Crippen LogP contribution in [0.15, 0.2) is 60.8 Å². The van der Waals surface area contributed by atoms with Crippen LogP contribution in [-0.2, 0) is 30.2 Å². The Hall–Kier alpha value is -5.56. The molecule has 1 unspecified atom stereocenters. The lowest BCUT2D eigenvalue weighted by atomic mass is 9.88. The maximum atomic E-state index is 15.7. The van der Waals surface area contributed by atoms with E-state index in [1.54, 1.807) is 65.8 Å². The monoisotopic (exact) mass is 786 g/mol. The number of aryl methyl sites for hydroxylation is 2. The van der Waals surface area contributed by atoms with E-state index in [-0.39, 0.29) is 53.7 Å². The first-order valence-corrected chi connectivity index (χ1v) is 19.0. The Balaban J connectivity index is 1.79. The Morgan fingerprint density at radius 2 is 1.54 bits per heavy atom. The second-order valence-corrected chi connectivity index (χ2v) is 16.2. The molecule has 2 amide bonds. The average molecular weight is 787 g/mol. The van der Waals surface area contributed by atoms with E-state index in [0.29, 0.717) is 28.3 Å². The zero-order chi connectivity index (χ0) is 42.4. The van der Waals surface area contributed by atoms with Crippen molar-refractivity contribution >= 4 is 51.9 Å². The van der Waals surface area contributed by atoms with Gasteiger partial charge in [-0.3, -0.25) is 9.59 Å². The van der Waals surface area contributed by atoms with Crippen LogP contribution in [0.5, 0.6) is 0 Å². The van der Waals surface area contributed by atoms with Crippen molar-refractivity contribution in [3.05, 3.63) is 94.4 Å². The van der Waals surface area contributed by atoms with Gasteiger partial charge >= 0.3 is 18.2 Å². The topological polar surface area (TPSA) is 170 Å². The summed E-state index contributed by atoms with van der Waals surface area (Å²) in [5.74, 6) is -2.19. The van der Waals surface area contributed by atoms with Gasteiger partial charge in [0.15, 0.2) is 11.6 Å². The Bertz CT molecular complexity index is 2100. The number of aliphatic hydroxyl groups is 1. The number of ketones is 1. The molecule has 13 heteroatoms. The second-order valence-electron chi connectivity index (χ2n) is 16.2. The lowest BCUT2D eigenvalue weighted by Crippen LogP contribution is -2.44. The second kappa shape index (κ2) is 18.1. The van der Waals surface area contributed by atoms with E-state index in [1.165, 1.54) is 19.2 Å². The molecule has 0 aliphatic heterocycles. The number of esters is 1. The molecule has 0 saturated heterocycles. The van der Waals surface area contributed by atoms with Gasteiger partial charge < -0.3 is 30.4 Å². The minimum atomic E-state index is -1.06. The first-order valence-electron chi connectivity index (χ1n) is 19.0. The molecular weight excluding hydrogens is 732 g/mol. The highest BCUT2D eigenvalue weighted by Gasteiger charge is 2.35. The van der Waals surface area contributed by atoms with Gasteiger partial charge in [0.2, 0.25) is 0 Å². The number of aromatic nitrogens is 1. The number of amides is 2. The molecular formula is C44H55FN4O8. The molecule has 0 bridgehead atoms. The van der Waals surface area contributed by atoms with Gasteiger partial charge in [-0.1, -0.05) is 38.1 Å².